The molecule has 0 radical (unpaired) electrons. The van der Waals surface area contributed by atoms with Crippen molar-refractivity contribution in [2.45, 2.75) is 45.4 Å². The van der Waals surface area contributed by atoms with Crippen LogP contribution < -0.4 is 5.32 Å². The third-order valence-corrected chi connectivity index (χ3v) is 7.53. The monoisotopic (exact) mass is 453 g/mol. The summed E-state index contributed by atoms with van der Waals surface area (Å²) in [5, 5.41) is 20.5. The average molecular weight is 454 g/mol. The summed E-state index contributed by atoms with van der Waals surface area (Å²) in [5.74, 6) is 0.910. The first-order chi connectivity index (χ1) is 16.5. The third kappa shape index (κ3) is 4.01. The second kappa shape index (κ2) is 9.08. The molecule has 5 rings (SSSR count). The average Bonchev–Trinajstić information content (AvgIpc) is 3.20. The van der Waals surface area contributed by atoms with Crippen LogP contribution in [0.5, 0.6) is 0 Å². The van der Waals surface area contributed by atoms with E-state index in [1.807, 2.05) is 42.2 Å². The van der Waals surface area contributed by atoms with Crippen LogP contribution in [0.3, 0.4) is 0 Å². The molecule has 2 aliphatic heterocycles. The molecule has 3 heterocycles. The van der Waals surface area contributed by atoms with Crippen molar-refractivity contribution >= 4 is 5.91 Å². The number of amides is 1. The van der Waals surface area contributed by atoms with Crippen molar-refractivity contribution < 1.29 is 4.79 Å². The van der Waals surface area contributed by atoms with E-state index in [-0.39, 0.29) is 5.91 Å². The Balaban J connectivity index is 1.36. The zero-order valence-corrected chi connectivity index (χ0v) is 20.1. The molecule has 2 aromatic carbocycles. The van der Waals surface area contributed by atoms with Gasteiger partial charge in [-0.25, -0.2) is 0 Å². The molecule has 0 unspecified atom stereocenters. The van der Waals surface area contributed by atoms with Crippen molar-refractivity contribution in [1.29, 1.82) is 5.26 Å². The summed E-state index contributed by atoms with van der Waals surface area (Å²) < 4.78 is 0. The maximum atomic E-state index is 13.4. The number of rotatable bonds is 4. The molecule has 0 bridgehead atoms. The number of hydrogen-bond donors (Lipinski definition) is 2. The van der Waals surface area contributed by atoms with Crippen molar-refractivity contribution in [2.24, 2.45) is 0 Å². The molecule has 34 heavy (non-hydrogen) atoms. The third-order valence-electron chi connectivity index (χ3n) is 7.53. The summed E-state index contributed by atoms with van der Waals surface area (Å²) in [6.07, 6.45) is 2.24. The van der Waals surface area contributed by atoms with Crippen molar-refractivity contribution in [3.63, 3.8) is 0 Å². The highest BCUT2D eigenvalue weighted by Gasteiger charge is 2.33. The summed E-state index contributed by atoms with van der Waals surface area (Å²) in [7, 11) is 0. The lowest BCUT2D eigenvalue weighted by Crippen LogP contribution is -2.48. The van der Waals surface area contributed by atoms with Crippen LogP contribution >= 0.6 is 0 Å². The molecule has 6 nitrogen and oxygen atoms in total. The molecule has 0 atom stereocenters. The number of nitrogens with zero attached hydrogens (tertiary/aromatic N) is 3. The van der Waals surface area contributed by atoms with Crippen LogP contribution in [-0.4, -0.2) is 47.2 Å². The van der Waals surface area contributed by atoms with E-state index >= 15 is 0 Å². The van der Waals surface area contributed by atoms with Crippen LogP contribution in [0.4, 0.5) is 0 Å². The maximum absolute atomic E-state index is 13.4. The van der Waals surface area contributed by atoms with E-state index in [1.165, 1.54) is 16.8 Å². The minimum atomic E-state index is 0.0791. The van der Waals surface area contributed by atoms with Gasteiger partial charge in [0.25, 0.3) is 5.91 Å². The summed E-state index contributed by atoms with van der Waals surface area (Å²) in [5.41, 5.74) is 9.16. The summed E-state index contributed by atoms with van der Waals surface area (Å²) in [6.45, 7) is 9.75. The Morgan fingerprint density at radius 3 is 2.41 bits per heavy atom. The van der Waals surface area contributed by atoms with Gasteiger partial charge in [-0.3, -0.25) is 9.89 Å². The SMILES string of the molecule is Cc1cc(C)c(-c2n[nH]c(C3CCNCC3)c2C)cc1C(=O)N1CC(c2ccc(C#N)cc2)C1. The Labute approximate surface area is 201 Å². The van der Waals surface area contributed by atoms with Crippen LogP contribution in [0.15, 0.2) is 36.4 Å². The second-order valence-electron chi connectivity index (χ2n) is 9.76. The number of hydrogen-bond acceptors (Lipinski definition) is 4. The fourth-order valence-corrected chi connectivity index (χ4v) is 5.37. The normalized spacial score (nSPS) is 16.8. The zero-order valence-electron chi connectivity index (χ0n) is 20.1. The van der Waals surface area contributed by atoms with E-state index in [0.29, 0.717) is 30.5 Å². The van der Waals surface area contributed by atoms with Crippen molar-refractivity contribution in [1.82, 2.24) is 20.4 Å². The molecule has 2 N–H and O–H groups in total. The van der Waals surface area contributed by atoms with Gasteiger partial charge in [0, 0.05) is 41.7 Å². The van der Waals surface area contributed by atoms with Crippen LogP contribution in [0.1, 0.15) is 68.5 Å². The topological polar surface area (TPSA) is 84.8 Å². The maximum Gasteiger partial charge on any atom is 0.254 e. The Hall–Kier alpha value is -3.43. The highest BCUT2D eigenvalue weighted by molar-refractivity contribution is 5.98. The van der Waals surface area contributed by atoms with E-state index in [0.717, 1.165) is 53.9 Å². The van der Waals surface area contributed by atoms with Gasteiger partial charge < -0.3 is 10.2 Å². The minimum absolute atomic E-state index is 0.0791. The number of likely N-dealkylation sites (tertiary alicyclic amines) is 1. The van der Waals surface area contributed by atoms with E-state index in [1.54, 1.807) is 0 Å². The molecule has 6 heteroatoms. The fourth-order valence-electron chi connectivity index (χ4n) is 5.37. The number of nitrogens with one attached hydrogen (secondary N) is 2. The van der Waals surface area contributed by atoms with Gasteiger partial charge in [0.05, 0.1) is 17.3 Å². The molecular formula is C28H31N5O. The van der Waals surface area contributed by atoms with E-state index in [4.69, 9.17) is 10.4 Å². The predicted octanol–water partition coefficient (Wildman–Crippen LogP) is 4.58. The van der Waals surface area contributed by atoms with E-state index in [2.05, 4.69) is 36.4 Å². The van der Waals surface area contributed by atoms with Gasteiger partial charge in [-0.2, -0.15) is 10.4 Å². The zero-order chi connectivity index (χ0) is 23.8. The van der Waals surface area contributed by atoms with Gasteiger partial charge in [-0.1, -0.05) is 18.2 Å². The number of piperidine rings is 1. The quantitative estimate of drug-likeness (QED) is 0.606. The minimum Gasteiger partial charge on any atom is -0.337 e. The number of carbonyl (C=O) groups excluding carboxylic acids is 1. The smallest absolute Gasteiger partial charge is 0.254 e. The van der Waals surface area contributed by atoms with Gasteiger partial charge in [0.15, 0.2) is 0 Å². The Bertz CT molecular complexity index is 1260. The molecule has 174 valence electrons. The number of H-pyrrole nitrogens is 1. The standard InChI is InChI=1S/C28H31N5O/c1-17-12-18(2)25(28(34)33-15-23(16-33)21-6-4-20(14-29)5-7-21)13-24(17)27-19(3)26(31-32-27)22-8-10-30-11-9-22/h4-7,12-13,22-23,30H,8-11,15-16H2,1-3H3,(H,31,32). The number of nitriles is 1. The number of carbonyl (C=O) groups is 1. The Morgan fingerprint density at radius 1 is 1.03 bits per heavy atom. The Morgan fingerprint density at radius 2 is 1.74 bits per heavy atom. The number of benzene rings is 2. The van der Waals surface area contributed by atoms with E-state index < -0.39 is 0 Å². The van der Waals surface area contributed by atoms with Gasteiger partial charge in [-0.15, -0.1) is 0 Å². The molecule has 2 fully saturated rings. The van der Waals surface area contributed by atoms with Gasteiger partial charge in [0.1, 0.15) is 0 Å². The first-order valence-electron chi connectivity index (χ1n) is 12.1. The fraction of sp³-hybridized carbons (Fsp3) is 0.393. The van der Waals surface area contributed by atoms with Crippen molar-refractivity contribution in [2.75, 3.05) is 26.2 Å². The molecule has 2 aliphatic rings. The number of aromatic amines is 1. The van der Waals surface area contributed by atoms with Crippen LogP contribution in [-0.2, 0) is 0 Å². The largest absolute Gasteiger partial charge is 0.337 e. The summed E-state index contributed by atoms with van der Waals surface area (Å²) in [4.78, 5) is 15.3. The van der Waals surface area contributed by atoms with Crippen molar-refractivity contribution in [3.8, 4) is 17.3 Å². The first-order valence-corrected chi connectivity index (χ1v) is 12.1. The molecule has 3 aromatic rings. The summed E-state index contributed by atoms with van der Waals surface area (Å²) in [6, 6.07) is 14.0. The molecule has 1 amide bonds. The highest BCUT2D eigenvalue weighted by atomic mass is 16.2. The molecule has 1 aromatic heterocycles. The lowest BCUT2D eigenvalue weighted by Gasteiger charge is -2.40. The lowest BCUT2D eigenvalue weighted by atomic mass is 9.88. The van der Waals surface area contributed by atoms with Gasteiger partial charge >= 0.3 is 0 Å². The van der Waals surface area contributed by atoms with Crippen LogP contribution in [0.2, 0.25) is 0 Å². The van der Waals surface area contributed by atoms with E-state index in [9.17, 15) is 4.79 Å². The lowest BCUT2D eigenvalue weighted by molar-refractivity contribution is 0.0601. The summed E-state index contributed by atoms with van der Waals surface area (Å²) >= 11 is 0. The van der Waals surface area contributed by atoms with Crippen molar-refractivity contribution in [3.05, 3.63) is 75.5 Å². The molecule has 0 saturated carbocycles. The Kier molecular flexibility index (Phi) is 5.97. The number of aryl methyl sites for hydroxylation is 2. The van der Waals surface area contributed by atoms with Gasteiger partial charge in [-0.05, 0) is 87.2 Å². The molecule has 2 saturated heterocycles. The first kappa shape index (κ1) is 22.4. The molecular weight excluding hydrogens is 422 g/mol. The van der Waals surface area contributed by atoms with Crippen LogP contribution in [0.25, 0.3) is 11.3 Å². The van der Waals surface area contributed by atoms with Crippen LogP contribution in [0, 0.1) is 32.1 Å². The highest BCUT2D eigenvalue weighted by Crippen LogP contribution is 2.35. The second-order valence-corrected chi connectivity index (χ2v) is 9.76. The predicted molar refractivity (Wildman–Crippen MR) is 133 cm³/mol. The molecule has 0 aliphatic carbocycles. The van der Waals surface area contributed by atoms with Gasteiger partial charge in [0.2, 0.25) is 0 Å². The molecule has 0 spiro atoms. The number of aromatic nitrogens is 2.